The monoisotopic (exact) mass is 322 g/mol. The van der Waals surface area contributed by atoms with Crippen molar-refractivity contribution in [2.24, 2.45) is 0 Å². The predicted octanol–water partition coefficient (Wildman–Crippen LogP) is 4.17. The van der Waals surface area contributed by atoms with Gasteiger partial charge < -0.3 is 5.32 Å². The van der Waals surface area contributed by atoms with Crippen LogP contribution in [0.1, 0.15) is 17.4 Å². The van der Waals surface area contributed by atoms with E-state index in [1.807, 2.05) is 62.2 Å². The molecule has 5 heteroatoms. The van der Waals surface area contributed by atoms with E-state index in [2.05, 4.69) is 5.32 Å². The molecule has 0 radical (unpaired) electrons. The number of rotatable bonds is 5. The summed E-state index contributed by atoms with van der Waals surface area (Å²) in [6, 6.07) is 11.5. The van der Waals surface area contributed by atoms with Crippen molar-refractivity contribution in [2.45, 2.75) is 26.4 Å². The van der Waals surface area contributed by atoms with Gasteiger partial charge in [-0.05, 0) is 45.2 Å². The van der Waals surface area contributed by atoms with Crippen LogP contribution in [-0.4, -0.2) is 23.9 Å². The fourth-order valence-electron chi connectivity index (χ4n) is 1.90. The van der Waals surface area contributed by atoms with Gasteiger partial charge in [-0.15, -0.1) is 11.3 Å². The Morgan fingerprint density at radius 1 is 1.29 bits per heavy atom. The van der Waals surface area contributed by atoms with Crippen LogP contribution in [0.15, 0.2) is 36.4 Å². The van der Waals surface area contributed by atoms with Crippen LogP contribution in [0.5, 0.6) is 0 Å². The number of nitrogens with one attached hydrogen (secondary N) is 1. The maximum absolute atomic E-state index is 12.3. The SMILES string of the molecule is Cc1ccc(NC(=O)C(C)N(C)Cc2ccc(Cl)s2)cc1. The second kappa shape index (κ2) is 7.07. The van der Waals surface area contributed by atoms with Crippen LogP contribution in [0.3, 0.4) is 0 Å². The maximum Gasteiger partial charge on any atom is 0.241 e. The number of hydrogen-bond acceptors (Lipinski definition) is 3. The molecule has 1 aromatic carbocycles. The van der Waals surface area contributed by atoms with E-state index in [1.54, 1.807) is 11.3 Å². The zero-order valence-corrected chi connectivity index (χ0v) is 14.0. The summed E-state index contributed by atoms with van der Waals surface area (Å²) in [5.74, 6) is -0.0102. The highest BCUT2D eigenvalue weighted by molar-refractivity contribution is 7.16. The zero-order chi connectivity index (χ0) is 15.4. The molecular formula is C16H19ClN2OS. The molecule has 1 atom stereocenters. The molecule has 0 aliphatic carbocycles. The first-order valence-electron chi connectivity index (χ1n) is 6.77. The summed E-state index contributed by atoms with van der Waals surface area (Å²) in [4.78, 5) is 15.4. The third-order valence-electron chi connectivity index (χ3n) is 3.39. The minimum atomic E-state index is -0.216. The number of hydrogen-bond donors (Lipinski definition) is 1. The number of amides is 1. The molecule has 3 nitrogen and oxygen atoms in total. The van der Waals surface area contributed by atoms with Gasteiger partial charge in [-0.1, -0.05) is 29.3 Å². The summed E-state index contributed by atoms with van der Waals surface area (Å²) in [6.07, 6.45) is 0. The van der Waals surface area contributed by atoms with E-state index in [-0.39, 0.29) is 11.9 Å². The molecule has 0 saturated carbocycles. The van der Waals surface area contributed by atoms with Crippen molar-refractivity contribution >= 4 is 34.5 Å². The smallest absolute Gasteiger partial charge is 0.241 e. The molecule has 0 fully saturated rings. The third kappa shape index (κ3) is 4.56. The summed E-state index contributed by atoms with van der Waals surface area (Å²) in [6.45, 7) is 4.63. The van der Waals surface area contributed by atoms with Gasteiger partial charge in [0.05, 0.1) is 10.4 Å². The lowest BCUT2D eigenvalue weighted by molar-refractivity contribution is -0.120. The number of aryl methyl sites for hydroxylation is 1. The number of carbonyl (C=O) groups excluding carboxylic acids is 1. The molecule has 21 heavy (non-hydrogen) atoms. The highest BCUT2D eigenvalue weighted by Gasteiger charge is 2.18. The van der Waals surface area contributed by atoms with Crippen LogP contribution in [0.25, 0.3) is 0 Å². The van der Waals surface area contributed by atoms with Gasteiger partial charge in [0, 0.05) is 17.1 Å². The van der Waals surface area contributed by atoms with Crippen molar-refractivity contribution in [3.8, 4) is 0 Å². The second-order valence-corrected chi connectivity index (χ2v) is 6.95. The molecule has 1 unspecified atom stereocenters. The van der Waals surface area contributed by atoms with Gasteiger partial charge in [0.1, 0.15) is 0 Å². The van der Waals surface area contributed by atoms with E-state index in [4.69, 9.17) is 11.6 Å². The largest absolute Gasteiger partial charge is 0.325 e. The first-order chi connectivity index (χ1) is 9.95. The molecule has 112 valence electrons. The molecule has 0 aliphatic heterocycles. The Hall–Kier alpha value is -1.36. The van der Waals surface area contributed by atoms with Crippen molar-refractivity contribution in [1.29, 1.82) is 0 Å². The minimum absolute atomic E-state index is 0.0102. The van der Waals surface area contributed by atoms with Crippen LogP contribution in [0.2, 0.25) is 4.34 Å². The molecule has 0 spiro atoms. The Labute approximate surface area is 134 Å². The minimum Gasteiger partial charge on any atom is -0.325 e. The van der Waals surface area contributed by atoms with Gasteiger partial charge in [-0.3, -0.25) is 9.69 Å². The van der Waals surface area contributed by atoms with Gasteiger partial charge in [-0.2, -0.15) is 0 Å². The van der Waals surface area contributed by atoms with E-state index < -0.39 is 0 Å². The number of halogens is 1. The number of anilines is 1. The van der Waals surface area contributed by atoms with E-state index in [0.717, 1.165) is 14.9 Å². The fraction of sp³-hybridized carbons (Fsp3) is 0.312. The van der Waals surface area contributed by atoms with Gasteiger partial charge in [0.2, 0.25) is 5.91 Å². The van der Waals surface area contributed by atoms with Crippen molar-refractivity contribution in [1.82, 2.24) is 4.90 Å². The predicted molar refractivity (Wildman–Crippen MR) is 90.1 cm³/mol. The molecular weight excluding hydrogens is 304 g/mol. The van der Waals surface area contributed by atoms with Crippen molar-refractivity contribution < 1.29 is 4.79 Å². The van der Waals surface area contributed by atoms with Crippen LogP contribution in [-0.2, 0) is 11.3 Å². The lowest BCUT2D eigenvalue weighted by Crippen LogP contribution is -2.39. The summed E-state index contributed by atoms with van der Waals surface area (Å²) in [5, 5.41) is 2.94. The molecule has 0 saturated heterocycles. The fourth-order valence-corrected chi connectivity index (χ4v) is 3.05. The average Bonchev–Trinajstić information content (AvgIpc) is 2.85. The lowest BCUT2D eigenvalue weighted by Gasteiger charge is -2.23. The third-order valence-corrected chi connectivity index (χ3v) is 4.61. The standard InChI is InChI=1S/C16H19ClN2OS/c1-11-4-6-13(7-5-11)18-16(20)12(2)19(3)10-14-8-9-15(17)21-14/h4-9,12H,10H2,1-3H3,(H,18,20). The maximum atomic E-state index is 12.3. The Kier molecular flexibility index (Phi) is 5.39. The highest BCUT2D eigenvalue weighted by atomic mass is 35.5. The summed E-state index contributed by atoms with van der Waals surface area (Å²) in [7, 11) is 1.94. The van der Waals surface area contributed by atoms with Crippen molar-refractivity contribution in [2.75, 3.05) is 12.4 Å². The topological polar surface area (TPSA) is 32.3 Å². The highest BCUT2D eigenvalue weighted by Crippen LogP contribution is 2.23. The first kappa shape index (κ1) is 16.0. The van der Waals surface area contributed by atoms with E-state index in [0.29, 0.717) is 6.54 Å². The summed E-state index contributed by atoms with van der Waals surface area (Å²) >= 11 is 7.47. The number of carbonyl (C=O) groups is 1. The van der Waals surface area contributed by atoms with Crippen LogP contribution in [0, 0.1) is 6.92 Å². The van der Waals surface area contributed by atoms with Gasteiger partial charge >= 0.3 is 0 Å². The van der Waals surface area contributed by atoms with Crippen LogP contribution >= 0.6 is 22.9 Å². The van der Waals surface area contributed by atoms with Crippen molar-refractivity contribution in [3.63, 3.8) is 0 Å². The van der Waals surface area contributed by atoms with E-state index >= 15 is 0 Å². The Morgan fingerprint density at radius 2 is 1.95 bits per heavy atom. The lowest BCUT2D eigenvalue weighted by atomic mass is 10.2. The quantitative estimate of drug-likeness (QED) is 0.896. The number of benzene rings is 1. The molecule has 2 rings (SSSR count). The van der Waals surface area contributed by atoms with Crippen molar-refractivity contribution in [3.05, 3.63) is 51.2 Å². The first-order valence-corrected chi connectivity index (χ1v) is 7.97. The van der Waals surface area contributed by atoms with Gasteiger partial charge in [0.15, 0.2) is 0 Å². The van der Waals surface area contributed by atoms with Gasteiger partial charge in [0.25, 0.3) is 0 Å². The molecule has 1 amide bonds. The number of likely N-dealkylation sites (N-methyl/N-ethyl adjacent to an activating group) is 1. The molecule has 2 aromatic rings. The van der Waals surface area contributed by atoms with E-state index in [9.17, 15) is 4.79 Å². The Balaban J connectivity index is 1.93. The summed E-state index contributed by atoms with van der Waals surface area (Å²) in [5.41, 5.74) is 2.00. The number of nitrogens with zero attached hydrogens (tertiary/aromatic N) is 1. The molecule has 1 N–H and O–H groups in total. The molecule has 1 heterocycles. The van der Waals surface area contributed by atoms with Gasteiger partial charge in [-0.25, -0.2) is 0 Å². The Bertz CT molecular complexity index is 609. The number of thiophene rings is 1. The Morgan fingerprint density at radius 3 is 2.52 bits per heavy atom. The second-order valence-electron chi connectivity index (χ2n) is 5.15. The molecule has 0 aliphatic rings. The average molecular weight is 323 g/mol. The molecule has 0 bridgehead atoms. The van der Waals surface area contributed by atoms with Crippen LogP contribution in [0.4, 0.5) is 5.69 Å². The molecule has 1 aromatic heterocycles. The van der Waals surface area contributed by atoms with E-state index in [1.165, 1.54) is 5.56 Å². The zero-order valence-electron chi connectivity index (χ0n) is 12.4. The van der Waals surface area contributed by atoms with Crippen LogP contribution < -0.4 is 5.32 Å². The summed E-state index contributed by atoms with van der Waals surface area (Å²) < 4.78 is 0.773. The normalized spacial score (nSPS) is 12.4.